The summed E-state index contributed by atoms with van der Waals surface area (Å²) in [6, 6.07) is 8.02. The molecule has 1 aromatic heterocycles. The number of benzene rings is 1. The number of hydrogen-bond acceptors (Lipinski definition) is 4. The second-order valence-electron chi connectivity index (χ2n) is 4.51. The maximum atomic E-state index is 5.77. The van der Waals surface area contributed by atoms with Crippen LogP contribution in [0.15, 0.2) is 30.5 Å². The molecule has 2 rings (SSSR count). The molecule has 0 unspecified atom stereocenters. The van der Waals surface area contributed by atoms with Crippen LogP contribution in [0.5, 0.6) is 0 Å². The Morgan fingerprint density at radius 3 is 2.43 bits per heavy atom. The predicted molar refractivity (Wildman–Crippen MR) is 85.9 cm³/mol. The Morgan fingerprint density at radius 2 is 1.81 bits per heavy atom. The highest BCUT2D eigenvalue weighted by atomic mass is 35.5. The van der Waals surface area contributed by atoms with Crippen LogP contribution in [0.25, 0.3) is 11.8 Å². The summed E-state index contributed by atoms with van der Waals surface area (Å²) >= 11 is 11.5. The highest BCUT2D eigenvalue weighted by molar-refractivity contribution is 6.18. The van der Waals surface area contributed by atoms with Gasteiger partial charge in [0.15, 0.2) is 5.82 Å². The maximum Gasteiger partial charge on any atom is 0.181 e. The topological polar surface area (TPSA) is 46.8 Å². The summed E-state index contributed by atoms with van der Waals surface area (Å²) < 4.78 is 1.69. The van der Waals surface area contributed by atoms with Crippen molar-refractivity contribution in [1.29, 1.82) is 0 Å². The smallest absolute Gasteiger partial charge is 0.181 e. The Labute approximate surface area is 134 Å². The third kappa shape index (κ3) is 4.44. The molecule has 0 bridgehead atoms. The zero-order valence-corrected chi connectivity index (χ0v) is 13.3. The van der Waals surface area contributed by atoms with E-state index < -0.39 is 0 Å². The third-order valence-corrected chi connectivity index (χ3v) is 3.29. The van der Waals surface area contributed by atoms with Crippen LogP contribution in [-0.2, 0) is 0 Å². The average molecular weight is 326 g/mol. The number of rotatable bonds is 7. The lowest BCUT2D eigenvalue weighted by Crippen LogP contribution is -2.21. The van der Waals surface area contributed by atoms with E-state index in [0.717, 1.165) is 18.8 Å². The third-order valence-electron chi connectivity index (χ3n) is 2.95. The maximum absolute atomic E-state index is 5.77. The van der Waals surface area contributed by atoms with Crippen LogP contribution in [0.1, 0.15) is 11.4 Å². The van der Waals surface area contributed by atoms with Crippen molar-refractivity contribution in [2.24, 2.45) is 0 Å². The molecule has 0 atom stereocenters. The van der Waals surface area contributed by atoms with Crippen LogP contribution in [0.3, 0.4) is 0 Å². The van der Waals surface area contributed by atoms with Gasteiger partial charge in [0, 0.05) is 37.1 Å². The molecular weight excluding hydrogens is 309 g/mol. The fourth-order valence-electron chi connectivity index (χ4n) is 1.82. The molecule has 0 N–H and O–H groups in total. The second kappa shape index (κ2) is 8.00. The minimum absolute atomic E-state index is 0.546. The number of tetrazole rings is 1. The van der Waals surface area contributed by atoms with E-state index in [-0.39, 0.29) is 0 Å². The molecule has 0 saturated heterocycles. The van der Waals surface area contributed by atoms with E-state index in [2.05, 4.69) is 15.5 Å². The molecular formula is C14H17Cl2N5. The van der Waals surface area contributed by atoms with Gasteiger partial charge in [0.1, 0.15) is 0 Å². The van der Waals surface area contributed by atoms with E-state index >= 15 is 0 Å². The Balaban J connectivity index is 2.18. The number of hydrogen-bond donors (Lipinski definition) is 0. The van der Waals surface area contributed by atoms with Crippen LogP contribution >= 0.6 is 23.2 Å². The summed E-state index contributed by atoms with van der Waals surface area (Å²) in [5.74, 6) is 1.75. The first-order chi connectivity index (χ1) is 10.2. The Morgan fingerprint density at radius 1 is 1.14 bits per heavy atom. The lowest BCUT2D eigenvalue weighted by molar-refractivity contribution is 0.426. The zero-order chi connectivity index (χ0) is 15.1. The number of aryl methyl sites for hydroxylation is 1. The lowest BCUT2D eigenvalue weighted by atomic mass is 10.2. The van der Waals surface area contributed by atoms with Crippen LogP contribution in [0.2, 0.25) is 0 Å². The summed E-state index contributed by atoms with van der Waals surface area (Å²) in [5, 5.41) is 11.8. The first kappa shape index (κ1) is 15.8. The fraction of sp³-hybridized carbons (Fsp3) is 0.357. The van der Waals surface area contributed by atoms with Crippen molar-refractivity contribution in [2.45, 2.75) is 6.92 Å². The van der Waals surface area contributed by atoms with E-state index in [1.165, 1.54) is 5.56 Å². The summed E-state index contributed by atoms with van der Waals surface area (Å²) in [6.45, 7) is 3.51. The molecule has 1 heterocycles. The number of nitrogens with zero attached hydrogens (tertiary/aromatic N) is 5. The molecule has 5 nitrogen and oxygen atoms in total. The van der Waals surface area contributed by atoms with Crippen LogP contribution < -0.4 is 0 Å². The molecule has 112 valence electrons. The fourth-order valence-corrected chi connectivity index (χ4v) is 2.25. The monoisotopic (exact) mass is 325 g/mol. The van der Waals surface area contributed by atoms with Crippen LogP contribution in [0.4, 0.5) is 0 Å². The largest absolute Gasteiger partial charge is 0.375 e. The van der Waals surface area contributed by atoms with Gasteiger partial charge >= 0.3 is 0 Å². The summed E-state index contributed by atoms with van der Waals surface area (Å²) in [5.41, 5.74) is 2.12. The normalized spacial score (nSPS) is 11.2. The lowest BCUT2D eigenvalue weighted by Gasteiger charge is -2.16. The quantitative estimate of drug-likeness (QED) is 0.734. The number of alkyl halides is 2. The molecule has 0 aliphatic heterocycles. The highest BCUT2D eigenvalue weighted by Crippen LogP contribution is 2.10. The average Bonchev–Trinajstić information content (AvgIpc) is 2.94. The van der Waals surface area contributed by atoms with Gasteiger partial charge in [0.2, 0.25) is 0 Å². The van der Waals surface area contributed by atoms with Gasteiger partial charge in [0.05, 0.1) is 5.69 Å². The predicted octanol–water partition coefficient (Wildman–Crippen LogP) is 2.72. The van der Waals surface area contributed by atoms with Gasteiger partial charge in [0.25, 0.3) is 0 Å². The molecule has 0 saturated carbocycles. The van der Waals surface area contributed by atoms with Crippen molar-refractivity contribution in [3.8, 4) is 5.69 Å². The van der Waals surface area contributed by atoms with Crippen molar-refractivity contribution in [3.05, 3.63) is 41.9 Å². The van der Waals surface area contributed by atoms with Crippen molar-refractivity contribution < 1.29 is 0 Å². The molecule has 0 aliphatic carbocycles. The molecule has 0 fully saturated rings. The van der Waals surface area contributed by atoms with Gasteiger partial charge in [-0.1, -0.05) is 17.7 Å². The van der Waals surface area contributed by atoms with Crippen molar-refractivity contribution >= 4 is 29.3 Å². The van der Waals surface area contributed by atoms with E-state index in [1.807, 2.05) is 48.4 Å². The number of aromatic nitrogens is 4. The molecule has 21 heavy (non-hydrogen) atoms. The SMILES string of the molecule is Cc1ccc(-n2nnnc2C=CN(CCCl)CCCl)cc1. The molecule has 2 aromatic rings. The van der Waals surface area contributed by atoms with Gasteiger partial charge in [-0.2, -0.15) is 4.68 Å². The van der Waals surface area contributed by atoms with Crippen molar-refractivity contribution in [1.82, 2.24) is 25.1 Å². The number of halogens is 2. The van der Waals surface area contributed by atoms with Gasteiger partial charge < -0.3 is 4.90 Å². The molecule has 0 aliphatic rings. The van der Waals surface area contributed by atoms with E-state index in [0.29, 0.717) is 17.6 Å². The summed E-state index contributed by atoms with van der Waals surface area (Å²) in [6.07, 6.45) is 3.78. The van der Waals surface area contributed by atoms with Crippen LogP contribution in [0, 0.1) is 6.92 Å². The molecule has 0 spiro atoms. The minimum atomic E-state index is 0.546. The zero-order valence-electron chi connectivity index (χ0n) is 11.8. The van der Waals surface area contributed by atoms with Gasteiger partial charge in [-0.3, -0.25) is 0 Å². The molecule has 0 radical (unpaired) electrons. The van der Waals surface area contributed by atoms with Gasteiger partial charge in [-0.05, 0) is 29.5 Å². The Bertz CT molecular complexity index is 573. The van der Waals surface area contributed by atoms with E-state index in [9.17, 15) is 0 Å². The van der Waals surface area contributed by atoms with Gasteiger partial charge in [-0.15, -0.1) is 28.3 Å². The van der Waals surface area contributed by atoms with Crippen molar-refractivity contribution in [3.63, 3.8) is 0 Å². The van der Waals surface area contributed by atoms with E-state index in [1.54, 1.807) is 4.68 Å². The molecule has 1 aromatic carbocycles. The van der Waals surface area contributed by atoms with E-state index in [4.69, 9.17) is 23.2 Å². The standard InChI is InChI=1S/C14H17Cl2N5/c1-12-2-4-13(5-3-12)21-14(17-18-19-21)6-9-20(10-7-15)11-8-16/h2-6,9H,7-8,10-11H2,1H3. The highest BCUT2D eigenvalue weighted by Gasteiger charge is 2.05. The first-order valence-corrected chi connectivity index (χ1v) is 7.71. The van der Waals surface area contributed by atoms with Gasteiger partial charge in [-0.25, -0.2) is 0 Å². The second-order valence-corrected chi connectivity index (χ2v) is 5.27. The summed E-state index contributed by atoms with van der Waals surface area (Å²) in [7, 11) is 0. The Kier molecular flexibility index (Phi) is 6.02. The Hall–Kier alpha value is -1.59. The minimum Gasteiger partial charge on any atom is -0.375 e. The van der Waals surface area contributed by atoms with Crippen LogP contribution in [-0.4, -0.2) is 50.0 Å². The first-order valence-electron chi connectivity index (χ1n) is 6.64. The summed E-state index contributed by atoms with van der Waals surface area (Å²) in [4.78, 5) is 2.04. The van der Waals surface area contributed by atoms with Crippen molar-refractivity contribution in [2.75, 3.05) is 24.8 Å². The molecule has 0 amide bonds. The molecule has 7 heteroatoms.